The number of ether oxygens (including phenoxy) is 1. The zero-order valence-electron chi connectivity index (χ0n) is 13.8. The molecule has 0 aliphatic carbocycles. The van der Waals surface area contributed by atoms with Crippen LogP contribution in [0.2, 0.25) is 0 Å². The molecular formula is C14H31IN4O2. The van der Waals surface area contributed by atoms with Crippen molar-refractivity contribution in [3.05, 3.63) is 0 Å². The van der Waals surface area contributed by atoms with E-state index in [-0.39, 0.29) is 36.4 Å². The highest BCUT2D eigenvalue weighted by molar-refractivity contribution is 14.0. The van der Waals surface area contributed by atoms with Gasteiger partial charge in [-0.05, 0) is 19.8 Å². The molecule has 0 heterocycles. The average molecular weight is 414 g/mol. The maximum Gasteiger partial charge on any atom is 0.243 e. The molecule has 0 saturated carbocycles. The van der Waals surface area contributed by atoms with Crippen LogP contribution < -0.4 is 10.6 Å². The van der Waals surface area contributed by atoms with Crippen molar-refractivity contribution in [1.82, 2.24) is 15.5 Å². The third-order valence-corrected chi connectivity index (χ3v) is 2.62. The van der Waals surface area contributed by atoms with Crippen molar-refractivity contribution in [2.24, 2.45) is 4.99 Å². The lowest BCUT2D eigenvalue weighted by atomic mass is 10.4. The summed E-state index contributed by atoms with van der Waals surface area (Å²) in [6.07, 6.45) is 3.20. The fourth-order valence-electron chi connectivity index (χ4n) is 1.36. The van der Waals surface area contributed by atoms with Gasteiger partial charge in [0.25, 0.3) is 0 Å². The summed E-state index contributed by atoms with van der Waals surface area (Å²) in [5.74, 6) is 0.668. The summed E-state index contributed by atoms with van der Waals surface area (Å²) in [6, 6.07) is 0. The first-order chi connectivity index (χ1) is 9.61. The molecule has 0 atom stereocenters. The number of amides is 1. The van der Waals surface area contributed by atoms with Gasteiger partial charge in [-0.2, -0.15) is 0 Å². The molecule has 0 aromatic heterocycles. The van der Waals surface area contributed by atoms with Gasteiger partial charge in [0.1, 0.15) is 6.54 Å². The van der Waals surface area contributed by atoms with Crippen molar-refractivity contribution in [3.63, 3.8) is 0 Å². The summed E-state index contributed by atoms with van der Waals surface area (Å²) in [7, 11) is 3.46. The Morgan fingerprint density at radius 3 is 2.38 bits per heavy atom. The van der Waals surface area contributed by atoms with Gasteiger partial charge < -0.3 is 20.3 Å². The molecule has 0 spiro atoms. The van der Waals surface area contributed by atoms with Gasteiger partial charge in [0, 0.05) is 40.4 Å². The molecule has 7 heteroatoms. The van der Waals surface area contributed by atoms with Crippen LogP contribution in [0.3, 0.4) is 0 Å². The van der Waals surface area contributed by atoms with E-state index < -0.39 is 0 Å². The lowest BCUT2D eigenvalue weighted by Crippen LogP contribution is -2.39. The Hall–Kier alpha value is -0.570. The predicted octanol–water partition coefficient (Wildman–Crippen LogP) is 1.45. The Balaban J connectivity index is 0. The van der Waals surface area contributed by atoms with Crippen LogP contribution in [-0.4, -0.2) is 63.7 Å². The Kier molecular flexibility index (Phi) is 17.1. The fourth-order valence-corrected chi connectivity index (χ4v) is 1.36. The number of carbonyl (C=O) groups is 1. The summed E-state index contributed by atoms with van der Waals surface area (Å²) in [5, 5.41) is 6.31. The average Bonchev–Trinajstić information content (AvgIpc) is 2.43. The monoisotopic (exact) mass is 414 g/mol. The van der Waals surface area contributed by atoms with Crippen LogP contribution in [0.15, 0.2) is 4.99 Å². The highest BCUT2D eigenvalue weighted by Gasteiger charge is 2.03. The maximum absolute atomic E-state index is 11.5. The van der Waals surface area contributed by atoms with Gasteiger partial charge >= 0.3 is 0 Å². The smallest absolute Gasteiger partial charge is 0.243 e. The lowest BCUT2D eigenvalue weighted by molar-refractivity contribution is -0.127. The van der Waals surface area contributed by atoms with Crippen molar-refractivity contribution >= 4 is 35.8 Å². The molecule has 0 saturated heterocycles. The van der Waals surface area contributed by atoms with Gasteiger partial charge in [0.2, 0.25) is 5.91 Å². The molecule has 0 bridgehead atoms. The first-order valence-corrected chi connectivity index (χ1v) is 7.41. The number of nitrogens with zero attached hydrogens (tertiary/aromatic N) is 2. The van der Waals surface area contributed by atoms with Crippen LogP contribution in [0.5, 0.6) is 0 Å². The van der Waals surface area contributed by atoms with E-state index >= 15 is 0 Å². The van der Waals surface area contributed by atoms with E-state index in [0.29, 0.717) is 5.96 Å². The maximum atomic E-state index is 11.5. The van der Waals surface area contributed by atoms with Gasteiger partial charge in [-0.1, -0.05) is 13.3 Å². The van der Waals surface area contributed by atoms with Crippen molar-refractivity contribution in [2.45, 2.75) is 33.1 Å². The predicted molar refractivity (Wildman–Crippen MR) is 98.4 cm³/mol. The van der Waals surface area contributed by atoms with Gasteiger partial charge in [-0.25, -0.2) is 4.99 Å². The van der Waals surface area contributed by atoms with E-state index in [2.05, 4.69) is 22.5 Å². The van der Waals surface area contributed by atoms with Gasteiger partial charge in [0.05, 0.1) is 0 Å². The lowest BCUT2D eigenvalue weighted by Gasteiger charge is -2.12. The second kappa shape index (κ2) is 15.8. The third kappa shape index (κ3) is 14.1. The van der Waals surface area contributed by atoms with Crippen LogP contribution in [0.4, 0.5) is 0 Å². The number of rotatable bonds is 10. The molecular weight excluding hydrogens is 383 g/mol. The molecule has 6 nitrogen and oxygen atoms in total. The zero-order valence-corrected chi connectivity index (χ0v) is 16.1. The second-order valence-electron chi connectivity index (χ2n) is 4.73. The third-order valence-electron chi connectivity index (χ3n) is 2.62. The molecule has 2 N–H and O–H groups in total. The molecule has 0 aliphatic rings. The number of halogens is 1. The van der Waals surface area contributed by atoms with Gasteiger partial charge in [0.15, 0.2) is 5.96 Å². The number of likely N-dealkylation sites (N-methyl/N-ethyl adjacent to an activating group) is 1. The molecule has 0 aliphatic heterocycles. The number of aliphatic imine (C=N–C) groups is 1. The van der Waals surface area contributed by atoms with E-state index in [1.165, 1.54) is 4.90 Å². The molecule has 0 fully saturated rings. The Bertz CT molecular complexity index is 286. The molecule has 0 aromatic rings. The highest BCUT2D eigenvalue weighted by atomic mass is 127. The van der Waals surface area contributed by atoms with Crippen molar-refractivity contribution in [1.29, 1.82) is 0 Å². The number of nitrogens with one attached hydrogen (secondary N) is 2. The standard InChI is InChI=1S/C14H30N4O2.HI/c1-5-7-10-20-11-8-9-16-14(15-6-2)17-12-13(19)18(3)4;/h5-12H2,1-4H3,(H2,15,16,17);1H. The van der Waals surface area contributed by atoms with Crippen molar-refractivity contribution in [3.8, 4) is 0 Å². The molecule has 0 aromatic carbocycles. The molecule has 0 radical (unpaired) electrons. The van der Waals surface area contributed by atoms with Crippen molar-refractivity contribution in [2.75, 3.05) is 46.9 Å². The first-order valence-electron chi connectivity index (χ1n) is 7.41. The highest BCUT2D eigenvalue weighted by Crippen LogP contribution is 1.89. The molecule has 0 unspecified atom stereocenters. The number of unbranched alkanes of at least 4 members (excludes halogenated alkanes) is 1. The van der Waals surface area contributed by atoms with Crippen LogP contribution in [0.25, 0.3) is 0 Å². The Labute approximate surface area is 146 Å². The quantitative estimate of drug-likeness (QED) is 0.246. The summed E-state index contributed by atoms with van der Waals surface area (Å²) in [6.45, 7) is 7.46. The molecule has 126 valence electrons. The SMILES string of the molecule is CCCCOCCCNC(=NCC(=O)N(C)C)NCC.I. The number of hydrogen-bond acceptors (Lipinski definition) is 3. The number of carbonyl (C=O) groups excluding carboxylic acids is 1. The van der Waals surface area contributed by atoms with Crippen LogP contribution >= 0.6 is 24.0 Å². The fraction of sp³-hybridized carbons (Fsp3) is 0.857. The normalized spacial score (nSPS) is 10.8. The summed E-state index contributed by atoms with van der Waals surface area (Å²) >= 11 is 0. The van der Waals surface area contributed by atoms with E-state index in [0.717, 1.165) is 45.6 Å². The second-order valence-corrected chi connectivity index (χ2v) is 4.73. The van der Waals surface area contributed by atoms with Crippen molar-refractivity contribution < 1.29 is 9.53 Å². The summed E-state index contributed by atoms with van der Waals surface area (Å²) in [4.78, 5) is 17.3. The van der Waals surface area contributed by atoms with E-state index in [4.69, 9.17) is 4.74 Å². The minimum Gasteiger partial charge on any atom is -0.381 e. The van der Waals surface area contributed by atoms with Crippen LogP contribution in [0, 0.1) is 0 Å². The minimum atomic E-state index is -0.00916. The Morgan fingerprint density at radius 2 is 1.81 bits per heavy atom. The largest absolute Gasteiger partial charge is 0.381 e. The number of hydrogen-bond donors (Lipinski definition) is 2. The van der Waals surface area contributed by atoms with E-state index in [1.54, 1.807) is 14.1 Å². The Morgan fingerprint density at radius 1 is 1.14 bits per heavy atom. The molecule has 0 rings (SSSR count). The van der Waals surface area contributed by atoms with E-state index in [1.807, 2.05) is 6.92 Å². The number of guanidine groups is 1. The molecule has 1 amide bonds. The first kappa shape index (κ1) is 22.7. The van der Waals surface area contributed by atoms with E-state index in [9.17, 15) is 4.79 Å². The minimum absolute atomic E-state index is 0. The molecule has 21 heavy (non-hydrogen) atoms. The van der Waals surface area contributed by atoms with Crippen LogP contribution in [0.1, 0.15) is 33.1 Å². The summed E-state index contributed by atoms with van der Waals surface area (Å²) < 4.78 is 5.48. The zero-order chi connectivity index (χ0) is 15.2. The van der Waals surface area contributed by atoms with Crippen LogP contribution in [-0.2, 0) is 9.53 Å². The van der Waals surface area contributed by atoms with Gasteiger partial charge in [-0.15, -0.1) is 24.0 Å². The van der Waals surface area contributed by atoms with Gasteiger partial charge in [-0.3, -0.25) is 4.79 Å². The topological polar surface area (TPSA) is 66.0 Å². The summed E-state index contributed by atoms with van der Waals surface area (Å²) in [5.41, 5.74) is 0.